The number of rotatable bonds is 7. The maximum atomic E-state index is 11.4. The Morgan fingerprint density at radius 3 is 2.11 bits per heavy atom. The van der Waals surface area contributed by atoms with Crippen LogP contribution in [-0.4, -0.2) is 49.9 Å². The highest BCUT2D eigenvalue weighted by molar-refractivity contribution is 6.76. The molecule has 0 saturated carbocycles. The third-order valence-electron chi connectivity index (χ3n) is 4.13. The maximum Gasteiger partial charge on any atom is 0.317 e. The van der Waals surface area contributed by atoms with Crippen LogP contribution in [-0.2, 0) is 28.7 Å². The second kappa shape index (κ2) is 11.8. The Kier molecular flexibility index (Phi) is 11.0. The monoisotopic (exact) mass is 414 g/mol. The van der Waals surface area contributed by atoms with Crippen molar-refractivity contribution in [1.82, 2.24) is 0 Å². The summed E-state index contributed by atoms with van der Waals surface area (Å²) in [6.45, 7) is 13.7. The molecule has 1 aliphatic carbocycles. The standard InChI is InChI=1S/C10H14O4.C10H20O3Si/c1-3-14-10(13)9-6(2)4-7(11)5-8(9)12;1-6-13-10(12)9(8(2)11)7-14(3,4)5/h5-6,9,11H,3-4H2,1-2H3;9H,6-7H2,1-5H3. The first-order valence-electron chi connectivity index (χ1n) is 9.61. The van der Waals surface area contributed by atoms with Gasteiger partial charge < -0.3 is 14.6 Å². The minimum Gasteiger partial charge on any atom is -0.512 e. The molecule has 160 valence electrons. The van der Waals surface area contributed by atoms with Crippen LogP contribution in [0, 0.1) is 17.8 Å². The van der Waals surface area contributed by atoms with Crippen molar-refractivity contribution in [3.05, 3.63) is 11.8 Å². The summed E-state index contributed by atoms with van der Waals surface area (Å²) in [6.07, 6.45) is 1.47. The highest BCUT2D eigenvalue weighted by Crippen LogP contribution is 2.26. The number of carbonyl (C=O) groups is 4. The molecular formula is C20H34O7Si. The molecule has 0 aromatic carbocycles. The van der Waals surface area contributed by atoms with E-state index in [2.05, 4.69) is 19.6 Å². The molecule has 0 aliphatic heterocycles. The summed E-state index contributed by atoms with van der Waals surface area (Å²) in [5.41, 5.74) is 0. The van der Waals surface area contributed by atoms with Crippen LogP contribution < -0.4 is 0 Å². The SMILES string of the molecule is CCOC(=O)C(C[Si](C)(C)C)C(C)=O.CCOC(=O)C1C(=O)C=C(O)CC1C. The van der Waals surface area contributed by atoms with Gasteiger partial charge in [-0.05, 0) is 32.7 Å². The Morgan fingerprint density at radius 1 is 1.18 bits per heavy atom. The zero-order valence-electron chi connectivity index (χ0n) is 18.0. The molecule has 1 aliphatic rings. The van der Waals surface area contributed by atoms with Gasteiger partial charge in [0.1, 0.15) is 17.6 Å². The summed E-state index contributed by atoms with van der Waals surface area (Å²) in [5.74, 6) is -2.72. The number of aliphatic hydroxyl groups is 1. The van der Waals surface area contributed by atoms with Crippen LogP contribution in [0.5, 0.6) is 0 Å². The summed E-state index contributed by atoms with van der Waals surface area (Å²) in [5, 5.41) is 9.17. The molecule has 28 heavy (non-hydrogen) atoms. The fraction of sp³-hybridized carbons (Fsp3) is 0.700. The Bertz CT molecular complexity index is 604. The van der Waals surface area contributed by atoms with Crippen molar-refractivity contribution in [2.75, 3.05) is 13.2 Å². The van der Waals surface area contributed by atoms with Gasteiger partial charge in [0, 0.05) is 20.6 Å². The fourth-order valence-electron chi connectivity index (χ4n) is 2.87. The average molecular weight is 415 g/mol. The van der Waals surface area contributed by atoms with E-state index in [-0.39, 0.29) is 35.8 Å². The van der Waals surface area contributed by atoms with Crippen LogP contribution in [0.4, 0.5) is 0 Å². The molecular weight excluding hydrogens is 380 g/mol. The number of ketones is 2. The number of esters is 2. The number of aliphatic hydroxyl groups excluding tert-OH is 1. The third kappa shape index (κ3) is 9.30. The lowest BCUT2D eigenvalue weighted by Crippen LogP contribution is -2.33. The Balaban J connectivity index is 0.000000521. The van der Waals surface area contributed by atoms with E-state index < -0.39 is 25.9 Å². The quantitative estimate of drug-likeness (QED) is 0.387. The summed E-state index contributed by atoms with van der Waals surface area (Å²) in [7, 11) is -1.40. The molecule has 0 radical (unpaired) electrons. The smallest absolute Gasteiger partial charge is 0.317 e. The lowest BCUT2D eigenvalue weighted by atomic mass is 9.82. The normalized spacial score (nSPS) is 20.2. The van der Waals surface area contributed by atoms with Crippen LogP contribution in [0.2, 0.25) is 25.7 Å². The number of hydrogen-bond acceptors (Lipinski definition) is 7. The lowest BCUT2D eigenvalue weighted by Gasteiger charge is -2.23. The zero-order chi connectivity index (χ0) is 22.1. The van der Waals surface area contributed by atoms with E-state index in [0.29, 0.717) is 19.1 Å². The molecule has 0 fully saturated rings. The minimum absolute atomic E-state index is 0.0445. The highest BCUT2D eigenvalue weighted by Gasteiger charge is 2.36. The van der Waals surface area contributed by atoms with Crippen molar-refractivity contribution in [2.24, 2.45) is 17.8 Å². The molecule has 0 amide bonds. The van der Waals surface area contributed by atoms with Gasteiger partial charge in [0.2, 0.25) is 0 Å². The first kappa shape index (κ1) is 26.0. The topological polar surface area (TPSA) is 107 Å². The van der Waals surface area contributed by atoms with Crippen molar-refractivity contribution in [1.29, 1.82) is 0 Å². The average Bonchev–Trinajstić information content (AvgIpc) is 2.51. The van der Waals surface area contributed by atoms with Gasteiger partial charge >= 0.3 is 11.9 Å². The van der Waals surface area contributed by atoms with Gasteiger partial charge in [0.05, 0.1) is 19.0 Å². The van der Waals surface area contributed by atoms with Crippen LogP contribution in [0.3, 0.4) is 0 Å². The van der Waals surface area contributed by atoms with E-state index in [1.165, 1.54) is 6.92 Å². The molecule has 1 N–H and O–H groups in total. The molecule has 3 unspecified atom stereocenters. The molecule has 0 heterocycles. The predicted molar refractivity (Wildman–Crippen MR) is 109 cm³/mol. The summed E-state index contributed by atoms with van der Waals surface area (Å²) < 4.78 is 9.66. The van der Waals surface area contributed by atoms with Crippen LogP contribution in [0.1, 0.15) is 34.1 Å². The number of carbonyl (C=O) groups excluding carboxylic acids is 4. The molecule has 0 spiro atoms. The molecule has 1 rings (SSSR count). The summed E-state index contributed by atoms with van der Waals surface area (Å²) in [6, 6.07) is 0.682. The first-order chi connectivity index (χ1) is 12.8. The highest BCUT2D eigenvalue weighted by atomic mass is 28.3. The van der Waals surface area contributed by atoms with Crippen LogP contribution in [0.25, 0.3) is 0 Å². The van der Waals surface area contributed by atoms with E-state index in [4.69, 9.17) is 14.6 Å². The largest absolute Gasteiger partial charge is 0.512 e. The van der Waals surface area contributed by atoms with E-state index in [1.807, 2.05) is 0 Å². The van der Waals surface area contributed by atoms with Crippen LogP contribution in [0.15, 0.2) is 11.8 Å². The van der Waals surface area contributed by atoms with Crippen molar-refractivity contribution < 1.29 is 33.8 Å². The maximum absolute atomic E-state index is 11.4. The first-order valence-corrected chi connectivity index (χ1v) is 13.3. The molecule has 0 aromatic heterocycles. The number of ether oxygens (including phenoxy) is 2. The minimum atomic E-state index is -1.40. The van der Waals surface area contributed by atoms with Gasteiger partial charge in [-0.15, -0.1) is 0 Å². The van der Waals surface area contributed by atoms with Gasteiger partial charge in [-0.25, -0.2) is 0 Å². The lowest BCUT2D eigenvalue weighted by molar-refractivity contribution is -0.153. The number of hydrogen-bond donors (Lipinski definition) is 1. The molecule has 0 aromatic rings. The van der Waals surface area contributed by atoms with Crippen molar-refractivity contribution in [3.8, 4) is 0 Å². The molecule has 8 heteroatoms. The van der Waals surface area contributed by atoms with Gasteiger partial charge in [-0.1, -0.05) is 26.6 Å². The number of Topliss-reactive ketones (excluding diaryl/α,β-unsaturated/α-hetero) is 1. The van der Waals surface area contributed by atoms with Gasteiger partial charge in [0.15, 0.2) is 5.78 Å². The second-order valence-electron chi connectivity index (χ2n) is 8.13. The third-order valence-corrected chi connectivity index (χ3v) is 5.77. The number of allylic oxidation sites excluding steroid dienone is 2. The Morgan fingerprint density at radius 2 is 1.71 bits per heavy atom. The molecule has 0 bridgehead atoms. The van der Waals surface area contributed by atoms with E-state index in [9.17, 15) is 19.2 Å². The summed E-state index contributed by atoms with van der Waals surface area (Å²) >= 11 is 0. The van der Waals surface area contributed by atoms with E-state index in [0.717, 1.165) is 6.08 Å². The molecule has 3 atom stereocenters. The zero-order valence-corrected chi connectivity index (χ0v) is 19.0. The van der Waals surface area contributed by atoms with E-state index >= 15 is 0 Å². The van der Waals surface area contributed by atoms with Crippen molar-refractivity contribution in [2.45, 2.75) is 59.8 Å². The van der Waals surface area contributed by atoms with Gasteiger partial charge in [-0.3, -0.25) is 19.2 Å². The predicted octanol–water partition coefficient (Wildman–Crippen LogP) is 3.31. The van der Waals surface area contributed by atoms with E-state index in [1.54, 1.807) is 20.8 Å². The Labute approximate surface area is 168 Å². The van der Waals surface area contributed by atoms with Gasteiger partial charge in [-0.2, -0.15) is 0 Å². The second-order valence-corrected chi connectivity index (χ2v) is 13.7. The van der Waals surface area contributed by atoms with Crippen molar-refractivity contribution >= 4 is 31.6 Å². The van der Waals surface area contributed by atoms with Gasteiger partial charge in [0.25, 0.3) is 0 Å². The van der Waals surface area contributed by atoms with Crippen molar-refractivity contribution in [3.63, 3.8) is 0 Å². The van der Waals surface area contributed by atoms with Crippen LogP contribution >= 0.6 is 0 Å². The fourth-order valence-corrected chi connectivity index (χ4v) is 4.55. The Hall–Kier alpha value is -1.96. The molecule has 0 saturated heterocycles. The molecule has 7 nitrogen and oxygen atoms in total. The summed E-state index contributed by atoms with van der Waals surface area (Å²) in [4.78, 5) is 45.5.